The van der Waals surface area contributed by atoms with E-state index in [1.165, 1.54) is 27.5 Å². The minimum Gasteiger partial charge on any atom is -0.320 e. The Bertz CT molecular complexity index is 843. The summed E-state index contributed by atoms with van der Waals surface area (Å²) in [6, 6.07) is 13.1. The third-order valence-electron chi connectivity index (χ3n) is 4.26. The molecule has 4 heteroatoms. The molecular weight excluding hydrogens is 410 g/mol. The molecule has 21 heavy (non-hydrogen) atoms. The molecule has 4 rings (SSSR count). The molecule has 2 N–H and O–H groups in total. The maximum absolute atomic E-state index is 6.57. The number of rotatable bonds is 2. The first-order valence-electron chi connectivity index (χ1n) is 6.89. The Morgan fingerprint density at radius 3 is 2.48 bits per heavy atom. The molecule has 1 aliphatic rings. The van der Waals surface area contributed by atoms with Gasteiger partial charge in [0.05, 0.1) is 13.6 Å². The first-order valence-corrected chi connectivity index (χ1v) is 9.29. The van der Waals surface area contributed by atoms with Gasteiger partial charge in [0.1, 0.15) is 0 Å². The van der Waals surface area contributed by atoms with Crippen molar-refractivity contribution in [1.29, 1.82) is 0 Å². The van der Waals surface area contributed by atoms with Gasteiger partial charge < -0.3 is 5.73 Å². The van der Waals surface area contributed by atoms with Crippen molar-refractivity contribution in [2.75, 3.05) is 0 Å². The molecule has 106 valence electrons. The Hall–Kier alpha value is -0.680. The lowest BCUT2D eigenvalue weighted by Crippen LogP contribution is -2.12. The normalized spacial score (nSPS) is 14.8. The summed E-state index contributed by atoms with van der Waals surface area (Å²) in [6.07, 6.45) is 2.30. The molecule has 1 aliphatic carbocycles. The van der Waals surface area contributed by atoms with Gasteiger partial charge in [-0.15, -0.1) is 11.3 Å². The zero-order valence-corrected chi connectivity index (χ0v) is 15.2. The molecule has 1 nitrogen and oxygen atoms in total. The van der Waals surface area contributed by atoms with Gasteiger partial charge in [-0.1, -0.05) is 30.3 Å². The predicted octanol–water partition coefficient (Wildman–Crippen LogP) is 5.57. The number of aryl methyl sites for hydroxylation is 2. The van der Waals surface area contributed by atoms with E-state index in [1.54, 1.807) is 11.3 Å². The van der Waals surface area contributed by atoms with Gasteiger partial charge in [0.25, 0.3) is 0 Å². The van der Waals surface area contributed by atoms with Gasteiger partial charge in [-0.3, -0.25) is 0 Å². The lowest BCUT2D eigenvalue weighted by molar-refractivity contribution is 0.881. The minimum absolute atomic E-state index is 0.105. The van der Waals surface area contributed by atoms with Crippen LogP contribution in [0.15, 0.2) is 44.0 Å². The zero-order valence-electron chi connectivity index (χ0n) is 11.2. The lowest BCUT2D eigenvalue weighted by atomic mass is 9.93. The van der Waals surface area contributed by atoms with Crippen LogP contribution in [0.3, 0.4) is 0 Å². The van der Waals surface area contributed by atoms with Gasteiger partial charge in [-0.2, -0.15) is 0 Å². The summed E-state index contributed by atoms with van der Waals surface area (Å²) in [4.78, 5) is 0. The van der Waals surface area contributed by atoms with Gasteiger partial charge in [-0.25, -0.2) is 0 Å². The molecule has 0 saturated carbocycles. The standard InChI is InChI=1S/C17H13Br2NS/c18-14-8-13(17(19)21-14)16(20)12-7-6-10-5-4-9-2-1-3-11(12)15(9)10/h1-3,6-8,16H,4-5,20H2. The Morgan fingerprint density at radius 2 is 1.76 bits per heavy atom. The number of benzene rings is 2. The quantitative estimate of drug-likeness (QED) is 0.573. The van der Waals surface area contributed by atoms with Crippen molar-refractivity contribution in [2.45, 2.75) is 18.9 Å². The first-order chi connectivity index (χ1) is 10.1. The molecule has 1 aromatic heterocycles. The smallest absolute Gasteiger partial charge is 0.0761 e. The van der Waals surface area contributed by atoms with Gasteiger partial charge in [-0.05, 0) is 83.8 Å². The van der Waals surface area contributed by atoms with Crippen LogP contribution in [0, 0.1) is 0 Å². The average molecular weight is 423 g/mol. The Balaban J connectivity index is 1.94. The summed E-state index contributed by atoms with van der Waals surface area (Å²) in [5.74, 6) is 0. The number of hydrogen-bond acceptors (Lipinski definition) is 2. The summed E-state index contributed by atoms with van der Waals surface area (Å²) in [5, 5.41) is 2.74. The van der Waals surface area contributed by atoms with E-state index in [0.717, 1.165) is 26.0 Å². The molecule has 0 aliphatic heterocycles. The number of hydrogen-bond donors (Lipinski definition) is 1. The van der Waals surface area contributed by atoms with E-state index >= 15 is 0 Å². The molecule has 0 radical (unpaired) electrons. The minimum atomic E-state index is -0.105. The molecule has 1 atom stereocenters. The molecule has 0 bridgehead atoms. The molecule has 3 aromatic rings. The highest BCUT2D eigenvalue weighted by atomic mass is 79.9. The summed E-state index contributed by atoms with van der Waals surface area (Å²) < 4.78 is 2.20. The monoisotopic (exact) mass is 421 g/mol. The fraction of sp³-hybridized carbons (Fsp3) is 0.176. The van der Waals surface area contributed by atoms with Gasteiger partial charge in [0.2, 0.25) is 0 Å². The summed E-state index contributed by atoms with van der Waals surface area (Å²) >= 11 is 8.84. The van der Waals surface area contributed by atoms with Gasteiger partial charge in [0, 0.05) is 0 Å². The van der Waals surface area contributed by atoms with E-state index in [1.807, 2.05) is 0 Å². The molecule has 0 fully saturated rings. The van der Waals surface area contributed by atoms with Crippen LogP contribution in [-0.4, -0.2) is 0 Å². The molecule has 2 aromatic carbocycles. The summed E-state index contributed by atoms with van der Waals surface area (Å²) in [5.41, 5.74) is 11.8. The van der Waals surface area contributed by atoms with E-state index in [0.29, 0.717) is 0 Å². The van der Waals surface area contributed by atoms with E-state index in [-0.39, 0.29) is 6.04 Å². The molecule has 1 heterocycles. The van der Waals surface area contributed by atoms with Crippen LogP contribution in [0.4, 0.5) is 0 Å². The Morgan fingerprint density at radius 1 is 1.00 bits per heavy atom. The van der Waals surface area contributed by atoms with Gasteiger partial charge in [0.15, 0.2) is 0 Å². The van der Waals surface area contributed by atoms with E-state index < -0.39 is 0 Å². The molecule has 0 spiro atoms. The topological polar surface area (TPSA) is 26.0 Å². The van der Waals surface area contributed by atoms with Gasteiger partial charge >= 0.3 is 0 Å². The number of thiophene rings is 1. The average Bonchev–Trinajstić information content (AvgIpc) is 3.04. The SMILES string of the molecule is NC(c1cc(Br)sc1Br)c1ccc2c3c(cccc13)CC2. The summed E-state index contributed by atoms with van der Waals surface area (Å²) in [7, 11) is 0. The number of nitrogens with two attached hydrogens (primary N) is 1. The maximum Gasteiger partial charge on any atom is 0.0761 e. The summed E-state index contributed by atoms with van der Waals surface area (Å²) in [6.45, 7) is 0. The van der Waals surface area contributed by atoms with Crippen LogP contribution in [0.25, 0.3) is 10.8 Å². The van der Waals surface area contributed by atoms with Crippen LogP contribution in [0.1, 0.15) is 28.3 Å². The molecule has 0 amide bonds. The van der Waals surface area contributed by atoms with Crippen molar-refractivity contribution in [1.82, 2.24) is 0 Å². The van der Waals surface area contributed by atoms with Crippen molar-refractivity contribution in [3.63, 3.8) is 0 Å². The Kier molecular flexibility index (Phi) is 3.45. The molecular formula is C17H13Br2NS. The second-order valence-electron chi connectivity index (χ2n) is 5.41. The van der Waals surface area contributed by atoms with Crippen molar-refractivity contribution >= 4 is 54.0 Å². The highest BCUT2D eigenvalue weighted by Gasteiger charge is 2.21. The van der Waals surface area contributed by atoms with Crippen molar-refractivity contribution < 1.29 is 0 Å². The van der Waals surface area contributed by atoms with Crippen LogP contribution < -0.4 is 5.73 Å². The highest BCUT2D eigenvalue weighted by Crippen LogP contribution is 2.40. The van der Waals surface area contributed by atoms with Crippen LogP contribution in [0.2, 0.25) is 0 Å². The predicted molar refractivity (Wildman–Crippen MR) is 97.1 cm³/mol. The van der Waals surface area contributed by atoms with Crippen molar-refractivity contribution in [2.24, 2.45) is 5.73 Å². The van der Waals surface area contributed by atoms with Crippen LogP contribution >= 0.6 is 43.2 Å². The van der Waals surface area contributed by atoms with Crippen LogP contribution in [0.5, 0.6) is 0 Å². The van der Waals surface area contributed by atoms with Crippen LogP contribution in [-0.2, 0) is 12.8 Å². The lowest BCUT2D eigenvalue weighted by Gasteiger charge is -2.15. The zero-order chi connectivity index (χ0) is 14.6. The van der Waals surface area contributed by atoms with Crippen molar-refractivity contribution in [3.05, 3.63) is 66.2 Å². The van der Waals surface area contributed by atoms with E-state index in [9.17, 15) is 0 Å². The number of halogens is 2. The fourth-order valence-electron chi connectivity index (χ4n) is 3.27. The molecule has 1 unspecified atom stereocenters. The fourth-order valence-corrected chi connectivity index (χ4v) is 6.20. The first kappa shape index (κ1) is 13.9. The highest BCUT2D eigenvalue weighted by molar-refractivity contribution is 9.12. The van der Waals surface area contributed by atoms with E-state index in [4.69, 9.17) is 5.73 Å². The maximum atomic E-state index is 6.57. The van der Waals surface area contributed by atoms with E-state index in [2.05, 4.69) is 68.3 Å². The second kappa shape index (κ2) is 5.20. The third kappa shape index (κ3) is 2.20. The Labute approximate surface area is 144 Å². The largest absolute Gasteiger partial charge is 0.320 e. The van der Waals surface area contributed by atoms with Crippen molar-refractivity contribution in [3.8, 4) is 0 Å². The molecule has 0 saturated heterocycles. The third-order valence-corrected chi connectivity index (χ3v) is 6.65. The second-order valence-corrected chi connectivity index (χ2v) is 9.16.